The van der Waals surface area contributed by atoms with Crippen LogP contribution >= 0.6 is 34.8 Å². The summed E-state index contributed by atoms with van der Waals surface area (Å²) in [6, 6.07) is 18.3. The van der Waals surface area contributed by atoms with Gasteiger partial charge >= 0.3 is 0 Å². The summed E-state index contributed by atoms with van der Waals surface area (Å²) in [4.78, 5) is 28.6. The maximum Gasteiger partial charge on any atom is 0.264 e. The lowest BCUT2D eigenvalue weighted by Crippen LogP contribution is -2.52. The lowest BCUT2D eigenvalue weighted by Gasteiger charge is -2.32. The number of hydrogen-bond acceptors (Lipinski definition) is 4. The summed E-state index contributed by atoms with van der Waals surface area (Å²) in [5, 5.41) is 3.97. The minimum absolute atomic E-state index is 0.00477. The Labute approximate surface area is 250 Å². The molecule has 0 bridgehead atoms. The van der Waals surface area contributed by atoms with Crippen LogP contribution in [0, 0.1) is 0 Å². The van der Waals surface area contributed by atoms with Crippen LogP contribution in [-0.2, 0) is 26.2 Å². The molecule has 2 amide bonds. The van der Waals surface area contributed by atoms with Crippen molar-refractivity contribution in [3.63, 3.8) is 0 Å². The third-order valence-corrected chi connectivity index (χ3v) is 9.72. The second-order valence-electron chi connectivity index (χ2n) is 9.74. The summed E-state index contributed by atoms with van der Waals surface area (Å²) in [5.74, 6) is -0.851. The molecule has 1 atom stereocenters. The number of sulfonamides is 1. The zero-order valence-electron chi connectivity index (χ0n) is 21.9. The SMILES string of the molecule is C[C@@H](C(=O)NC1CCCC1)N(Cc1ccc(Cl)cc1)C(=O)CN(c1ccc(Cl)c(Cl)c1)S(=O)(=O)c1ccccc1. The number of nitrogens with one attached hydrogen (secondary N) is 1. The fraction of sp³-hybridized carbons (Fsp3) is 0.310. The standard InChI is InChI=1S/C29H30Cl3N3O4S/c1-20(29(37)33-23-7-5-6-8-23)34(18-21-11-13-22(30)14-12-21)28(36)19-35(24-15-16-26(31)27(32)17-24)40(38,39)25-9-3-2-4-10-25/h2-4,9-17,20,23H,5-8,18-19H2,1H3,(H,33,37)/t20-/m0/s1. The van der Waals surface area contributed by atoms with E-state index in [0.29, 0.717) is 5.02 Å². The molecule has 0 spiro atoms. The quantitative estimate of drug-likeness (QED) is 0.287. The smallest absolute Gasteiger partial charge is 0.264 e. The van der Waals surface area contributed by atoms with Gasteiger partial charge in [-0.2, -0.15) is 0 Å². The lowest BCUT2D eigenvalue weighted by atomic mass is 10.1. The fourth-order valence-corrected chi connectivity index (χ4v) is 6.50. The third-order valence-electron chi connectivity index (χ3n) is 6.94. The minimum atomic E-state index is -4.19. The van der Waals surface area contributed by atoms with Crippen molar-refractivity contribution in [2.24, 2.45) is 0 Å². The van der Waals surface area contributed by atoms with Gasteiger partial charge in [-0.3, -0.25) is 13.9 Å². The van der Waals surface area contributed by atoms with Crippen molar-refractivity contribution in [1.29, 1.82) is 0 Å². The highest BCUT2D eigenvalue weighted by Crippen LogP contribution is 2.31. The van der Waals surface area contributed by atoms with Gasteiger partial charge in [-0.25, -0.2) is 8.42 Å². The summed E-state index contributed by atoms with van der Waals surface area (Å²) in [6.45, 7) is 1.16. The normalized spacial score (nSPS) is 14.5. The number of carbonyl (C=O) groups is 2. The fourth-order valence-electron chi connectivity index (χ4n) is 4.65. The Morgan fingerprint density at radius 1 is 0.925 bits per heavy atom. The molecule has 0 unspecified atom stereocenters. The van der Waals surface area contributed by atoms with Gasteiger partial charge in [0, 0.05) is 17.6 Å². The predicted octanol–water partition coefficient (Wildman–Crippen LogP) is 6.32. The highest BCUT2D eigenvalue weighted by molar-refractivity contribution is 7.92. The van der Waals surface area contributed by atoms with E-state index in [4.69, 9.17) is 34.8 Å². The number of halogens is 3. The first-order valence-electron chi connectivity index (χ1n) is 12.9. The highest BCUT2D eigenvalue weighted by Gasteiger charge is 2.33. The Balaban J connectivity index is 1.69. The van der Waals surface area contributed by atoms with E-state index < -0.39 is 28.5 Å². The molecule has 1 saturated carbocycles. The maximum absolute atomic E-state index is 14.0. The molecule has 0 heterocycles. The zero-order valence-corrected chi connectivity index (χ0v) is 25.0. The molecule has 7 nitrogen and oxygen atoms in total. The van der Waals surface area contributed by atoms with Gasteiger partial charge in [0.15, 0.2) is 0 Å². The number of nitrogens with zero attached hydrogens (tertiary/aromatic N) is 2. The second-order valence-corrected chi connectivity index (χ2v) is 12.9. The largest absolute Gasteiger partial charge is 0.352 e. The molecule has 0 aromatic heterocycles. The summed E-state index contributed by atoms with van der Waals surface area (Å²) in [6.07, 6.45) is 3.87. The van der Waals surface area contributed by atoms with Crippen LogP contribution in [0.3, 0.4) is 0 Å². The van der Waals surface area contributed by atoms with E-state index in [9.17, 15) is 18.0 Å². The highest BCUT2D eigenvalue weighted by atomic mass is 35.5. The third kappa shape index (κ3) is 7.29. The van der Waals surface area contributed by atoms with Crippen LogP contribution in [0.4, 0.5) is 5.69 Å². The Hall–Kier alpha value is -2.78. The van der Waals surface area contributed by atoms with Crippen LogP contribution < -0.4 is 9.62 Å². The molecule has 11 heteroatoms. The van der Waals surface area contributed by atoms with Crippen LogP contribution in [-0.4, -0.2) is 43.8 Å². The van der Waals surface area contributed by atoms with E-state index >= 15 is 0 Å². The number of rotatable bonds is 10. The monoisotopic (exact) mass is 621 g/mol. The molecule has 0 aliphatic heterocycles. The van der Waals surface area contributed by atoms with Crippen molar-refractivity contribution in [2.75, 3.05) is 10.8 Å². The van der Waals surface area contributed by atoms with Gasteiger partial charge in [0.1, 0.15) is 12.6 Å². The first-order chi connectivity index (χ1) is 19.1. The molecule has 3 aromatic rings. The molecule has 1 fully saturated rings. The number of amides is 2. The number of benzene rings is 3. The van der Waals surface area contributed by atoms with Crippen molar-refractivity contribution in [3.8, 4) is 0 Å². The Kier molecular flexibility index (Phi) is 10.0. The van der Waals surface area contributed by atoms with E-state index in [1.54, 1.807) is 49.4 Å². The summed E-state index contributed by atoms with van der Waals surface area (Å²) >= 11 is 18.4. The number of anilines is 1. The minimum Gasteiger partial charge on any atom is -0.352 e. The van der Waals surface area contributed by atoms with Crippen molar-refractivity contribution < 1.29 is 18.0 Å². The molecule has 3 aromatic carbocycles. The molecule has 4 rings (SSSR count). The van der Waals surface area contributed by atoms with E-state index in [1.807, 2.05) is 0 Å². The first-order valence-corrected chi connectivity index (χ1v) is 15.5. The van der Waals surface area contributed by atoms with Gasteiger partial charge < -0.3 is 10.2 Å². The van der Waals surface area contributed by atoms with Crippen molar-refractivity contribution in [3.05, 3.63) is 93.4 Å². The van der Waals surface area contributed by atoms with Gasteiger partial charge in [0.05, 0.1) is 20.6 Å². The van der Waals surface area contributed by atoms with E-state index in [2.05, 4.69) is 5.32 Å². The summed E-state index contributed by atoms with van der Waals surface area (Å²) in [7, 11) is -4.19. The van der Waals surface area contributed by atoms with Crippen molar-refractivity contribution in [1.82, 2.24) is 10.2 Å². The predicted molar refractivity (Wildman–Crippen MR) is 159 cm³/mol. The molecular weight excluding hydrogens is 593 g/mol. The van der Waals surface area contributed by atoms with Crippen LogP contribution in [0.5, 0.6) is 0 Å². The topological polar surface area (TPSA) is 86.8 Å². The van der Waals surface area contributed by atoms with Gasteiger partial charge in [-0.1, -0.05) is 78.0 Å². The summed E-state index contributed by atoms with van der Waals surface area (Å²) in [5.41, 5.74) is 0.909. The molecular formula is C29H30Cl3N3O4S. The average Bonchev–Trinajstić information content (AvgIpc) is 3.46. The Morgan fingerprint density at radius 2 is 1.57 bits per heavy atom. The van der Waals surface area contributed by atoms with Crippen molar-refractivity contribution >= 4 is 62.3 Å². The van der Waals surface area contributed by atoms with E-state index in [1.165, 1.54) is 35.2 Å². The molecule has 212 valence electrons. The molecule has 1 aliphatic carbocycles. The van der Waals surface area contributed by atoms with Gasteiger partial charge in [-0.15, -0.1) is 0 Å². The van der Waals surface area contributed by atoms with E-state index in [-0.39, 0.29) is 39.1 Å². The van der Waals surface area contributed by atoms with Crippen molar-refractivity contribution in [2.45, 2.75) is 56.1 Å². The molecule has 1 aliphatic rings. The summed E-state index contributed by atoms with van der Waals surface area (Å²) < 4.78 is 28.6. The Bertz CT molecular complexity index is 1450. The van der Waals surface area contributed by atoms with Crippen LogP contribution in [0.25, 0.3) is 0 Å². The molecule has 0 saturated heterocycles. The Morgan fingerprint density at radius 3 is 2.20 bits per heavy atom. The van der Waals surface area contributed by atoms with Gasteiger partial charge in [0.2, 0.25) is 11.8 Å². The average molecular weight is 623 g/mol. The molecule has 0 radical (unpaired) electrons. The van der Waals surface area contributed by atoms with Crippen LogP contribution in [0.2, 0.25) is 15.1 Å². The van der Waals surface area contributed by atoms with Gasteiger partial charge in [-0.05, 0) is 67.8 Å². The number of hydrogen-bond donors (Lipinski definition) is 1. The van der Waals surface area contributed by atoms with Gasteiger partial charge in [0.25, 0.3) is 10.0 Å². The van der Waals surface area contributed by atoms with Crippen LogP contribution in [0.1, 0.15) is 38.2 Å². The van der Waals surface area contributed by atoms with Crippen LogP contribution in [0.15, 0.2) is 77.7 Å². The zero-order chi connectivity index (χ0) is 28.9. The van der Waals surface area contributed by atoms with E-state index in [0.717, 1.165) is 35.6 Å². The number of carbonyl (C=O) groups excluding carboxylic acids is 2. The lowest BCUT2D eigenvalue weighted by molar-refractivity contribution is -0.139. The second kappa shape index (κ2) is 13.3. The first kappa shape index (κ1) is 30.2. The molecule has 40 heavy (non-hydrogen) atoms. The molecule has 1 N–H and O–H groups in total. The maximum atomic E-state index is 14.0.